The zero-order valence-corrected chi connectivity index (χ0v) is 6.33. The molecule has 2 heteroatoms. The van der Waals surface area contributed by atoms with E-state index in [2.05, 4.69) is 4.99 Å². The molecule has 0 heterocycles. The van der Waals surface area contributed by atoms with Gasteiger partial charge in [-0.2, -0.15) is 0 Å². The lowest BCUT2D eigenvalue weighted by molar-refractivity contribution is 1.45. The Hall–Kier alpha value is -0.240. The minimum Gasteiger partial charge on any atom is -0.286 e. The van der Waals surface area contributed by atoms with E-state index in [0.29, 0.717) is 0 Å². The second kappa shape index (κ2) is 4.91. The zero-order chi connectivity index (χ0) is 6.41. The monoisotopic (exact) mass is 129 g/mol. The first-order valence-corrected chi connectivity index (χ1v) is 3.40. The van der Waals surface area contributed by atoms with Gasteiger partial charge in [0, 0.05) is 7.05 Å². The molecule has 46 valence electrons. The molecule has 0 aliphatic rings. The lowest BCUT2D eigenvalue weighted by atomic mass is 10.8. The van der Waals surface area contributed by atoms with Crippen LogP contribution in [-0.2, 0) is 0 Å². The van der Waals surface area contributed by atoms with Crippen molar-refractivity contribution in [3.05, 3.63) is 11.5 Å². The molecule has 0 rings (SSSR count). The average Bonchev–Trinajstić information content (AvgIpc) is 1.83. The fourth-order valence-electron chi connectivity index (χ4n) is 0.219. The predicted molar refractivity (Wildman–Crippen MR) is 41.4 cm³/mol. The zero-order valence-electron chi connectivity index (χ0n) is 5.51. The third-order valence-electron chi connectivity index (χ3n) is 0.690. The van der Waals surface area contributed by atoms with Gasteiger partial charge in [0.15, 0.2) is 0 Å². The van der Waals surface area contributed by atoms with E-state index in [0.717, 1.165) is 5.04 Å². The molecule has 0 N–H and O–H groups in total. The Morgan fingerprint density at radius 1 is 1.62 bits per heavy atom. The van der Waals surface area contributed by atoms with Crippen molar-refractivity contribution in [2.75, 3.05) is 7.05 Å². The molecule has 0 aliphatic carbocycles. The molecule has 0 unspecified atom stereocenters. The van der Waals surface area contributed by atoms with Crippen LogP contribution < -0.4 is 0 Å². The molecular weight excluding hydrogens is 118 g/mol. The van der Waals surface area contributed by atoms with Crippen molar-refractivity contribution < 1.29 is 0 Å². The van der Waals surface area contributed by atoms with E-state index in [-0.39, 0.29) is 0 Å². The number of rotatable bonds is 1. The van der Waals surface area contributed by atoms with Crippen LogP contribution in [0.25, 0.3) is 0 Å². The molecule has 0 amide bonds. The predicted octanol–water partition coefficient (Wildman–Crippen LogP) is 2.30. The van der Waals surface area contributed by atoms with Gasteiger partial charge in [0.1, 0.15) is 0 Å². The maximum atomic E-state index is 3.95. The van der Waals surface area contributed by atoms with E-state index >= 15 is 0 Å². The minimum absolute atomic E-state index is 1.10. The van der Waals surface area contributed by atoms with E-state index in [9.17, 15) is 0 Å². The number of allylic oxidation sites excluding steroid dienone is 1. The van der Waals surface area contributed by atoms with Crippen LogP contribution in [0.3, 0.4) is 0 Å². The van der Waals surface area contributed by atoms with Crippen molar-refractivity contribution in [3.8, 4) is 0 Å². The van der Waals surface area contributed by atoms with Crippen LogP contribution >= 0.6 is 11.8 Å². The SMILES string of the molecule is CC=CS/C(C)=N\C. The Labute approximate surface area is 54.9 Å². The molecule has 0 fully saturated rings. The highest BCUT2D eigenvalue weighted by atomic mass is 32.2. The summed E-state index contributed by atoms with van der Waals surface area (Å²) in [4.78, 5) is 3.95. The molecule has 0 radical (unpaired) electrons. The Balaban J connectivity index is 3.40. The quantitative estimate of drug-likeness (QED) is 0.391. The summed E-state index contributed by atoms with van der Waals surface area (Å²) in [5.74, 6) is 0. The Kier molecular flexibility index (Phi) is 4.76. The number of hydrogen-bond acceptors (Lipinski definition) is 2. The van der Waals surface area contributed by atoms with Gasteiger partial charge in [0.2, 0.25) is 0 Å². The van der Waals surface area contributed by atoms with Gasteiger partial charge in [-0.25, -0.2) is 0 Å². The molecule has 0 aliphatic heterocycles. The Morgan fingerprint density at radius 2 is 2.25 bits per heavy atom. The summed E-state index contributed by atoms with van der Waals surface area (Å²) in [6.45, 7) is 3.99. The van der Waals surface area contributed by atoms with E-state index in [4.69, 9.17) is 0 Å². The van der Waals surface area contributed by atoms with E-state index in [1.54, 1.807) is 18.8 Å². The van der Waals surface area contributed by atoms with Gasteiger partial charge in [0.05, 0.1) is 5.04 Å². The maximum absolute atomic E-state index is 3.95. The molecule has 1 nitrogen and oxygen atoms in total. The summed E-state index contributed by atoms with van der Waals surface area (Å²) >= 11 is 1.65. The highest BCUT2D eigenvalue weighted by Crippen LogP contribution is 2.03. The van der Waals surface area contributed by atoms with Crippen molar-refractivity contribution in [2.45, 2.75) is 13.8 Å². The summed E-state index contributed by atoms with van der Waals surface area (Å²) in [7, 11) is 1.80. The molecule has 0 atom stereocenters. The van der Waals surface area contributed by atoms with Gasteiger partial charge in [0.25, 0.3) is 0 Å². The number of nitrogens with zero attached hydrogens (tertiary/aromatic N) is 1. The fourth-order valence-corrected chi connectivity index (χ4v) is 0.658. The first-order valence-electron chi connectivity index (χ1n) is 2.52. The highest BCUT2D eigenvalue weighted by molar-refractivity contribution is 8.16. The largest absolute Gasteiger partial charge is 0.286 e. The fraction of sp³-hybridized carbons (Fsp3) is 0.500. The van der Waals surface area contributed by atoms with Crippen molar-refractivity contribution in [1.29, 1.82) is 0 Å². The molecular formula is C6H11NS. The first kappa shape index (κ1) is 7.76. The average molecular weight is 129 g/mol. The van der Waals surface area contributed by atoms with E-state index in [1.807, 2.05) is 25.3 Å². The Bertz CT molecular complexity index is 105. The normalized spacial score (nSPS) is 13.1. The summed E-state index contributed by atoms with van der Waals surface area (Å²) < 4.78 is 0. The topological polar surface area (TPSA) is 12.4 Å². The Morgan fingerprint density at radius 3 is 2.62 bits per heavy atom. The molecule has 8 heavy (non-hydrogen) atoms. The first-order chi connectivity index (χ1) is 3.81. The lowest BCUT2D eigenvalue weighted by Crippen LogP contribution is -1.76. The molecule has 0 aromatic carbocycles. The van der Waals surface area contributed by atoms with E-state index < -0.39 is 0 Å². The smallest absolute Gasteiger partial charge is 0.0683 e. The van der Waals surface area contributed by atoms with Crippen molar-refractivity contribution in [3.63, 3.8) is 0 Å². The molecule has 0 saturated carbocycles. The maximum Gasteiger partial charge on any atom is 0.0683 e. The lowest BCUT2D eigenvalue weighted by Gasteiger charge is -1.87. The van der Waals surface area contributed by atoms with Gasteiger partial charge < -0.3 is 0 Å². The standard InChI is InChI=1S/C6H11NS/c1-4-5-8-6(2)7-3/h4-5H,1-3H3/b5-4?,7-6-. The summed E-state index contributed by atoms with van der Waals surface area (Å²) in [5, 5.41) is 3.12. The second-order valence-corrected chi connectivity index (χ2v) is 2.43. The van der Waals surface area contributed by atoms with Crippen molar-refractivity contribution >= 4 is 16.8 Å². The second-order valence-electron chi connectivity index (χ2n) is 1.33. The van der Waals surface area contributed by atoms with Crippen LogP contribution in [-0.4, -0.2) is 12.1 Å². The van der Waals surface area contributed by atoms with Crippen LogP contribution in [0.1, 0.15) is 13.8 Å². The van der Waals surface area contributed by atoms with Crippen LogP contribution in [0.2, 0.25) is 0 Å². The molecule has 0 aromatic rings. The van der Waals surface area contributed by atoms with Crippen LogP contribution in [0.4, 0.5) is 0 Å². The van der Waals surface area contributed by atoms with Gasteiger partial charge in [-0.3, -0.25) is 4.99 Å². The third kappa shape index (κ3) is 3.93. The van der Waals surface area contributed by atoms with Gasteiger partial charge >= 0.3 is 0 Å². The van der Waals surface area contributed by atoms with Gasteiger partial charge in [-0.1, -0.05) is 17.8 Å². The molecule has 0 spiro atoms. The van der Waals surface area contributed by atoms with Crippen molar-refractivity contribution in [1.82, 2.24) is 0 Å². The summed E-state index contributed by atoms with van der Waals surface area (Å²) in [6.07, 6.45) is 2.00. The van der Waals surface area contributed by atoms with Gasteiger partial charge in [-0.15, -0.1) is 0 Å². The van der Waals surface area contributed by atoms with Gasteiger partial charge in [-0.05, 0) is 19.3 Å². The summed E-state index contributed by atoms with van der Waals surface area (Å²) in [6, 6.07) is 0. The van der Waals surface area contributed by atoms with Crippen molar-refractivity contribution in [2.24, 2.45) is 4.99 Å². The number of hydrogen-bond donors (Lipinski definition) is 0. The summed E-state index contributed by atoms with van der Waals surface area (Å²) in [5.41, 5.74) is 0. The van der Waals surface area contributed by atoms with E-state index in [1.165, 1.54) is 0 Å². The van der Waals surface area contributed by atoms with Crippen LogP contribution in [0, 0.1) is 0 Å². The van der Waals surface area contributed by atoms with Crippen LogP contribution in [0.5, 0.6) is 0 Å². The number of thioether (sulfide) groups is 1. The molecule has 0 aromatic heterocycles. The minimum atomic E-state index is 1.10. The number of aliphatic imine (C=N–C) groups is 1. The third-order valence-corrected chi connectivity index (χ3v) is 1.62. The van der Waals surface area contributed by atoms with Crippen LogP contribution in [0.15, 0.2) is 16.5 Å². The molecule has 0 saturated heterocycles. The highest BCUT2D eigenvalue weighted by Gasteiger charge is 1.80. The molecule has 0 bridgehead atoms.